The van der Waals surface area contributed by atoms with Crippen LogP contribution < -0.4 is 9.64 Å². The predicted octanol–water partition coefficient (Wildman–Crippen LogP) is 3.25. The fraction of sp³-hybridized carbons (Fsp3) is 0.286. The molecular formula is C21H21NO5. The predicted molar refractivity (Wildman–Crippen MR) is 100 cm³/mol. The summed E-state index contributed by atoms with van der Waals surface area (Å²) in [5.41, 5.74) is 1.41. The highest BCUT2D eigenvalue weighted by Crippen LogP contribution is 2.23. The van der Waals surface area contributed by atoms with Gasteiger partial charge in [0.2, 0.25) is 11.7 Å². The summed E-state index contributed by atoms with van der Waals surface area (Å²) in [4.78, 5) is 38.4. The Morgan fingerprint density at radius 2 is 1.81 bits per heavy atom. The van der Waals surface area contributed by atoms with Crippen molar-refractivity contribution in [1.82, 2.24) is 0 Å². The number of Topliss-reactive ketones (excluding diaryl/α,β-unsaturated/α-hetero) is 1. The first kappa shape index (κ1) is 18.6. The number of hydrogen-bond acceptors (Lipinski definition) is 5. The molecule has 0 spiro atoms. The van der Waals surface area contributed by atoms with Gasteiger partial charge in [-0.05, 0) is 55.8 Å². The van der Waals surface area contributed by atoms with Crippen LogP contribution in [0, 0.1) is 0 Å². The molecule has 1 aliphatic heterocycles. The molecule has 1 fully saturated rings. The summed E-state index contributed by atoms with van der Waals surface area (Å²) in [6.45, 7) is 2.18. The first-order chi connectivity index (χ1) is 13.0. The van der Waals surface area contributed by atoms with Crippen LogP contribution in [0.1, 0.15) is 40.5 Å². The third-order valence-electron chi connectivity index (χ3n) is 4.49. The number of hydrogen-bond donors (Lipinski definition) is 0. The molecular weight excluding hydrogens is 346 g/mol. The summed E-state index contributed by atoms with van der Waals surface area (Å²) >= 11 is 0. The molecule has 3 rings (SSSR count). The first-order valence-electron chi connectivity index (χ1n) is 8.79. The Labute approximate surface area is 157 Å². The lowest BCUT2D eigenvalue weighted by atomic mass is 10.1. The third-order valence-corrected chi connectivity index (χ3v) is 4.49. The topological polar surface area (TPSA) is 72.9 Å². The lowest BCUT2D eigenvalue weighted by Crippen LogP contribution is -2.25. The van der Waals surface area contributed by atoms with Crippen molar-refractivity contribution in [3.63, 3.8) is 0 Å². The Bertz CT molecular complexity index is 859. The van der Waals surface area contributed by atoms with E-state index in [0.29, 0.717) is 35.5 Å². The van der Waals surface area contributed by atoms with Crippen LogP contribution in [0.3, 0.4) is 0 Å². The van der Waals surface area contributed by atoms with Gasteiger partial charge in [-0.3, -0.25) is 9.59 Å². The number of benzene rings is 2. The molecule has 140 valence electrons. The van der Waals surface area contributed by atoms with Crippen molar-refractivity contribution in [2.24, 2.45) is 0 Å². The van der Waals surface area contributed by atoms with E-state index in [0.717, 1.165) is 6.42 Å². The molecule has 6 heteroatoms. The molecule has 6 nitrogen and oxygen atoms in total. The zero-order valence-corrected chi connectivity index (χ0v) is 15.3. The lowest BCUT2D eigenvalue weighted by molar-refractivity contribution is -0.117. The average molecular weight is 367 g/mol. The summed E-state index contributed by atoms with van der Waals surface area (Å²) in [7, 11) is 1.55. The van der Waals surface area contributed by atoms with Crippen molar-refractivity contribution in [1.29, 1.82) is 0 Å². The number of anilines is 1. The summed E-state index contributed by atoms with van der Waals surface area (Å²) in [5, 5.41) is 0. The number of carbonyl (C=O) groups excluding carboxylic acids is 3. The normalized spacial score (nSPS) is 14.7. The molecule has 1 saturated heterocycles. The highest BCUT2D eigenvalue weighted by atomic mass is 16.5. The number of nitrogens with zero attached hydrogens (tertiary/aromatic N) is 1. The van der Waals surface area contributed by atoms with Crippen molar-refractivity contribution < 1.29 is 23.9 Å². The van der Waals surface area contributed by atoms with E-state index in [9.17, 15) is 14.4 Å². The quantitative estimate of drug-likeness (QED) is 0.579. The Hall–Kier alpha value is -3.15. The van der Waals surface area contributed by atoms with Crippen LogP contribution in [0.25, 0.3) is 0 Å². The maximum absolute atomic E-state index is 12.5. The lowest BCUT2D eigenvalue weighted by Gasteiger charge is -2.17. The molecule has 1 atom stereocenters. The second kappa shape index (κ2) is 8.03. The molecule has 0 bridgehead atoms. The molecule has 2 aromatic carbocycles. The standard InChI is InChI=1S/C21H21NO5/c1-14(20(24)15-8-10-18(26-2)11-9-15)27-21(25)16-5-3-6-17(13-16)22-12-4-7-19(22)23/h3,5-6,8-11,13-14H,4,7,12H2,1-2H3. The largest absolute Gasteiger partial charge is 0.497 e. The third kappa shape index (κ3) is 4.16. The van der Waals surface area contributed by atoms with E-state index < -0.39 is 12.1 Å². The Morgan fingerprint density at radius 3 is 2.44 bits per heavy atom. The highest BCUT2D eigenvalue weighted by Gasteiger charge is 2.24. The molecule has 0 aromatic heterocycles. The second-order valence-corrected chi connectivity index (χ2v) is 6.34. The smallest absolute Gasteiger partial charge is 0.338 e. The number of rotatable bonds is 6. The van der Waals surface area contributed by atoms with Gasteiger partial charge in [0.15, 0.2) is 6.10 Å². The number of methoxy groups -OCH3 is 1. The van der Waals surface area contributed by atoms with E-state index in [1.54, 1.807) is 60.5 Å². The van der Waals surface area contributed by atoms with E-state index in [1.807, 2.05) is 0 Å². The number of ketones is 1. The Morgan fingerprint density at radius 1 is 1.07 bits per heavy atom. The van der Waals surface area contributed by atoms with Crippen LogP contribution in [0.2, 0.25) is 0 Å². The van der Waals surface area contributed by atoms with Crippen LogP contribution in [0.5, 0.6) is 5.75 Å². The van der Waals surface area contributed by atoms with Gasteiger partial charge in [-0.25, -0.2) is 4.79 Å². The molecule has 0 saturated carbocycles. The van der Waals surface area contributed by atoms with Gasteiger partial charge >= 0.3 is 5.97 Å². The minimum absolute atomic E-state index is 0.0450. The molecule has 1 aliphatic rings. The average Bonchev–Trinajstić information content (AvgIpc) is 3.13. The first-order valence-corrected chi connectivity index (χ1v) is 8.79. The molecule has 27 heavy (non-hydrogen) atoms. The number of ether oxygens (including phenoxy) is 2. The monoisotopic (exact) mass is 367 g/mol. The molecule has 1 amide bonds. The highest BCUT2D eigenvalue weighted by molar-refractivity contribution is 6.02. The molecule has 2 aromatic rings. The maximum Gasteiger partial charge on any atom is 0.338 e. The van der Waals surface area contributed by atoms with Gasteiger partial charge in [0.1, 0.15) is 5.75 Å². The molecule has 1 unspecified atom stereocenters. The minimum Gasteiger partial charge on any atom is -0.497 e. The van der Waals surface area contributed by atoms with Crippen molar-refractivity contribution in [2.75, 3.05) is 18.6 Å². The van der Waals surface area contributed by atoms with E-state index >= 15 is 0 Å². The molecule has 0 aliphatic carbocycles. The van der Waals surface area contributed by atoms with Crippen molar-refractivity contribution >= 4 is 23.3 Å². The van der Waals surface area contributed by atoms with Crippen molar-refractivity contribution in [3.05, 3.63) is 59.7 Å². The van der Waals surface area contributed by atoms with Gasteiger partial charge in [0, 0.05) is 24.2 Å². The maximum atomic E-state index is 12.5. The van der Waals surface area contributed by atoms with E-state index in [4.69, 9.17) is 9.47 Å². The summed E-state index contributed by atoms with van der Waals surface area (Å²) in [6, 6.07) is 13.3. The number of esters is 1. The summed E-state index contributed by atoms with van der Waals surface area (Å²) in [5.74, 6) is -0.206. The number of amides is 1. The minimum atomic E-state index is -0.928. The van der Waals surface area contributed by atoms with Gasteiger partial charge < -0.3 is 14.4 Å². The Balaban J connectivity index is 1.68. The molecule has 0 radical (unpaired) electrons. The van der Waals surface area contributed by atoms with Crippen molar-refractivity contribution in [2.45, 2.75) is 25.9 Å². The summed E-state index contributed by atoms with van der Waals surface area (Å²) < 4.78 is 10.4. The van der Waals surface area contributed by atoms with E-state index in [-0.39, 0.29) is 11.7 Å². The zero-order valence-electron chi connectivity index (χ0n) is 15.3. The van der Waals surface area contributed by atoms with Gasteiger partial charge in [-0.15, -0.1) is 0 Å². The zero-order chi connectivity index (χ0) is 19.4. The fourth-order valence-corrected chi connectivity index (χ4v) is 2.99. The SMILES string of the molecule is COc1ccc(C(=O)C(C)OC(=O)c2cccc(N3CCCC3=O)c2)cc1. The van der Waals surface area contributed by atoms with Crippen LogP contribution in [-0.2, 0) is 9.53 Å². The van der Waals surface area contributed by atoms with Crippen LogP contribution in [-0.4, -0.2) is 37.4 Å². The van der Waals surface area contributed by atoms with E-state index in [2.05, 4.69) is 0 Å². The van der Waals surface area contributed by atoms with Crippen LogP contribution in [0.15, 0.2) is 48.5 Å². The number of carbonyl (C=O) groups is 3. The molecule has 1 heterocycles. The fourth-order valence-electron chi connectivity index (χ4n) is 2.99. The van der Waals surface area contributed by atoms with Gasteiger partial charge in [0.25, 0.3) is 0 Å². The van der Waals surface area contributed by atoms with Crippen LogP contribution in [0.4, 0.5) is 5.69 Å². The van der Waals surface area contributed by atoms with E-state index in [1.165, 1.54) is 6.92 Å². The Kier molecular flexibility index (Phi) is 5.54. The molecule has 0 N–H and O–H groups in total. The van der Waals surface area contributed by atoms with Crippen molar-refractivity contribution in [3.8, 4) is 5.75 Å². The van der Waals surface area contributed by atoms with Crippen LogP contribution >= 0.6 is 0 Å². The summed E-state index contributed by atoms with van der Waals surface area (Å²) in [6.07, 6.45) is 0.395. The van der Waals surface area contributed by atoms with Gasteiger partial charge in [-0.2, -0.15) is 0 Å². The van der Waals surface area contributed by atoms with Gasteiger partial charge in [-0.1, -0.05) is 6.07 Å². The second-order valence-electron chi connectivity index (χ2n) is 6.34. The van der Waals surface area contributed by atoms with Gasteiger partial charge in [0.05, 0.1) is 12.7 Å².